The minimum absolute atomic E-state index is 0.255. The largest absolute Gasteiger partial charge is 0.308 e. The molecule has 1 atom stereocenters. The van der Waals surface area contributed by atoms with Crippen molar-refractivity contribution in [3.8, 4) is 6.07 Å². The lowest BCUT2D eigenvalue weighted by atomic mass is 10.2. The van der Waals surface area contributed by atoms with E-state index in [2.05, 4.69) is 15.4 Å². The van der Waals surface area contributed by atoms with E-state index in [1.165, 1.54) is 33.1 Å². The van der Waals surface area contributed by atoms with Crippen LogP contribution in [0.4, 0.5) is 5.82 Å². The van der Waals surface area contributed by atoms with Crippen LogP contribution in [0, 0.1) is 11.3 Å². The molecule has 1 unspecified atom stereocenters. The molecule has 0 aliphatic heterocycles. The molecule has 0 saturated carbocycles. The Morgan fingerprint density at radius 3 is 2.96 bits per heavy atom. The third kappa shape index (κ3) is 2.92. The number of nitrogens with one attached hydrogen (secondary N) is 1. The summed E-state index contributed by atoms with van der Waals surface area (Å²) in [6.07, 6.45) is 3.59. The fourth-order valence-corrected chi connectivity index (χ4v) is 3.38. The van der Waals surface area contributed by atoms with Gasteiger partial charge in [0.05, 0.1) is 17.9 Å². The number of carbonyl (C=O) groups is 1. The first-order valence-electron chi connectivity index (χ1n) is 7.68. The summed E-state index contributed by atoms with van der Waals surface area (Å²) < 4.78 is 2.70. The number of carbonyl (C=O) groups excluding carboxylic acids is 1. The van der Waals surface area contributed by atoms with Gasteiger partial charge in [0.15, 0.2) is 0 Å². The average Bonchev–Trinajstić information content (AvgIpc) is 3.19. The van der Waals surface area contributed by atoms with Gasteiger partial charge < -0.3 is 5.32 Å². The van der Waals surface area contributed by atoms with Crippen LogP contribution in [-0.2, 0) is 18.3 Å². The Labute approximate surface area is 147 Å². The SMILES string of the molecule is CCc1cc2c(=O)n(C(C)C(=O)Nc3c(C#N)cnn3C)cnc2s1. The van der Waals surface area contributed by atoms with Gasteiger partial charge in [0, 0.05) is 11.9 Å². The highest BCUT2D eigenvalue weighted by atomic mass is 32.1. The van der Waals surface area contributed by atoms with Gasteiger partial charge in [-0.3, -0.25) is 18.8 Å². The third-order valence-electron chi connectivity index (χ3n) is 3.97. The van der Waals surface area contributed by atoms with E-state index >= 15 is 0 Å². The quantitative estimate of drug-likeness (QED) is 0.767. The highest BCUT2D eigenvalue weighted by Crippen LogP contribution is 2.22. The number of amides is 1. The van der Waals surface area contributed by atoms with Crippen LogP contribution in [0.5, 0.6) is 0 Å². The van der Waals surface area contributed by atoms with Crippen LogP contribution in [0.2, 0.25) is 0 Å². The van der Waals surface area contributed by atoms with Crippen LogP contribution < -0.4 is 10.9 Å². The van der Waals surface area contributed by atoms with Crippen molar-refractivity contribution in [2.24, 2.45) is 7.05 Å². The lowest BCUT2D eigenvalue weighted by molar-refractivity contribution is -0.118. The first kappa shape index (κ1) is 16.9. The molecular weight excluding hydrogens is 340 g/mol. The molecule has 0 aromatic carbocycles. The standard InChI is InChI=1S/C16H16N6O2S/c1-4-11-5-12-15(25-11)18-8-22(16(12)24)9(2)14(23)20-13-10(6-17)7-19-21(13)3/h5,7-9H,4H2,1-3H3,(H,20,23). The van der Waals surface area contributed by atoms with E-state index < -0.39 is 11.9 Å². The monoisotopic (exact) mass is 356 g/mol. The first-order valence-corrected chi connectivity index (χ1v) is 8.50. The van der Waals surface area contributed by atoms with Gasteiger partial charge in [-0.25, -0.2) is 4.98 Å². The predicted molar refractivity (Wildman–Crippen MR) is 94.5 cm³/mol. The van der Waals surface area contributed by atoms with E-state index in [9.17, 15) is 9.59 Å². The number of aryl methyl sites for hydroxylation is 2. The average molecular weight is 356 g/mol. The Hall–Kier alpha value is -2.99. The van der Waals surface area contributed by atoms with Crippen LogP contribution in [0.1, 0.15) is 30.3 Å². The summed E-state index contributed by atoms with van der Waals surface area (Å²) in [7, 11) is 1.62. The first-order chi connectivity index (χ1) is 12.0. The maximum absolute atomic E-state index is 12.7. The molecule has 1 amide bonds. The molecule has 9 heteroatoms. The number of fused-ring (bicyclic) bond motifs is 1. The number of hydrogen-bond donors (Lipinski definition) is 1. The second kappa shape index (κ2) is 6.49. The number of aromatic nitrogens is 4. The Kier molecular flexibility index (Phi) is 4.37. The van der Waals surface area contributed by atoms with Crippen molar-refractivity contribution in [2.75, 3.05) is 5.32 Å². The zero-order chi connectivity index (χ0) is 18.1. The summed E-state index contributed by atoms with van der Waals surface area (Å²) >= 11 is 1.48. The maximum Gasteiger partial charge on any atom is 0.262 e. The minimum Gasteiger partial charge on any atom is -0.308 e. The number of nitrogens with zero attached hydrogens (tertiary/aromatic N) is 5. The van der Waals surface area contributed by atoms with Crippen LogP contribution in [0.3, 0.4) is 0 Å². The summed E-state index contributed by atoms with van der Waals surface area (Å²) in [6, 6.07) is 3.01. The van der Waals surface area contributed by atoms with Crippen LogP contribution >= 0.6 is 11.3 Å². The van der Waals surface area contributed by atoms with Crippen LogP contribution in [-0.4, -0.2) is 25.2 Å². The Balaban J connectivity index is 1.93. The number of thiophene rings is 1. The van der Waals surface area contributed by atoms with Crippen molar-refractivity contribution in [1.29, 1.82) is 5.26 Å². The highest BCUT2D eigenvalue weighted by Gasteiger charge is 2.21. The molecule has 128 valence electrons. The minimum atomic E-state index is -0.782. The summed E-state index contributed by atoms with van der Waals surface area (Å²) in [6.45, 7) is 3.62. The van der Waals surface area contributed by atoms with Gasteiger partial charge in [-0.15, -0.1) is 11.3 Å². The zero-order valence-corrected chi connectivity index (χ0v) is 14.8. The summed E-state index contributed by atoms with van der Waals surface area (Å²) in [5, 5.41) is 16.2. The molecule has 0 saturated heterocycles. The Morgan fingerprint density at radius 1 is 1.52 bits per heavy atom. The van der Waals surface area contributed by atoms with Gasteiger partial charge in [-0.1, -0.05) is 6.92 Å². The van der Waals surface area contributed by atoms with Gasteiger partial charge in [0.1, 0.15) is 28.3 Å². The number of nitriles is 1. The molecule has 3 aromatic rings. The molecule has 0 aliphatic carbocycles. The van der Waals surface area contributed by atoms with E-state index in [-0.39, 0.29) is 11.1 Å². The van der Waals surface area contributed by atoms with Crippen molar-refractivity contribution in [1.82, 2.24) is 19.3 Å². The molecule has 1 N–H and O–H groups in total. The summed E-state index contributed by atoms with van der Waals surface area (Å²) in [5.41, 5.74) is 0.00325. The number of rotatable bonds is 4. The number of anilines is 1. The van der Waals surface area contributed by atoms with Crippen LogP contribution in [0.15, 0.2) is 23.4 Å². The second-order valence-electron chi connectivity index (χ2n) is 5.55. The van der Waals surface area contributed by atoms with E-state index in [0.29, 0.717) is 16.0 Å². The molecule has 0 fully saturated rings. The lowest BCUT2D eigenvalue weighted by Gasteiger charge is -2.15. The zero-order valence-electron chi connectivity index (χ0n) is 14.0. The van der Waals surface area contributed by atoms with Crippen molar-refractivity contribution >= 4 is 33.3 Å². The Bertz CT molecular complexity index is 1050. The van der Waals surface area contributed by atoms with Crippen molar-refractivity contribution in [3.05, 3.63) is 39.4 Å². The van der Waals surface area contributed by atoms with Crippen LogP contribution in [0.25, 0.3) is 10.2 Å². The molecule has 25 heavy (non-hydrogen) atoms. The van der Waals surface area contributed by atoms with Gasteiger partial charge in [-0.05, 0) is 19.4 Å². The molecule has 8 nitrogen and oxygen atoms in total. The fourth-order valence-electron chi connectivity index (χ4n) is 2.45. The Morgan fingerprint density at radius 2 is 2.28 bits per heavy atom. The fraction of sp³-hybridized carbons (Fsp3) is 0.312. The van der Waals surface area contributed by atoms with Gasteiger partial charge in [0.25, 0.3) is 5.56 Å². The normalized spacial score (nSPS) is 12.1. The summed E-state index contributed by atoms with van der Waals surface area (Å²) in [4.78, 5) is 31.2. The third-order valence-corrected chi connectivity index (χ3v) is 5.16. The molecule has 0 bridgehead atoms. The molecule has 0 spiro atoms. The van der Waals surface area contributed by atoms with E-state index in [0.717, 1.165) is 11.3 Å². The van der Waals surface area contributed by atoms with Crippen molar-refractivity contribution in [2.45, 2.75) is 26.3 Å². The topological polar surface area (TPSA) is 106 Å². The number of hydrogen-bond acceptors (Lipinski definition) is 6. The van der Waals surface area contributed by atoms with E-state index in [4.69, 9.17) is 5.26 Å². The molecule has 0 radical (unpaired) electrons. The van der Waals surface area contributed by atoms with Crippen molar-refractivity contribution < 1.29 is 4.79 Å². The van der Waals surface area contributed by atoms with Crippen molar-refractivity contribution in [3.63, 3.8) is 0 Å². The molecular formula is C16H16N6O2S. The maximum atomic E-state index is 12.7. The van der Waals surface area contributed by atoms with E-state index in [1.54, 1.807) is 14.0 Å². The van der Waals surface area contributed by atoms with Gasteiger partial charge in [0.2, 0.25) is 5.91 Å². The highest BCUT2D eigenvalue weighted by molar-refractivity contribution is 7.18. The summed E-state index contributed by atoms with van der Waals surface area (Å²) in [5.74, 6) is -0.125. The van der Waals surface area contributed by atoms with E-state index in [1.807, 2.05) is 19.1 Å². The van der Waals surface area contributed by atoms with Gasteiger partial charge >= 0.3 is 0 Å². The molecule has 3 aromatic heterocycles. The molecule has 0 aliphatic rings. The van der Waals surface area contributed by atoms with Gasteiger partial charge in [-0.2, -0.15) is 10.4 Å². The lowest BCUT2D eigenvalue weighted by Crippen LogP contribution is -2.32. The molecule has 3 heterocycles. The second-order valence-corrected chi connectivity index (χ2v) is 6.66. The predicted octanol–water partition coefficient (Wildman–Crippen LogP) is 1.83. The smallest absolute Gasteiger partial charge is 0.262 e. The molecule has 3 rings (SSSR count).